The summed E-state index contributed by atoms with van der Waals surface area (Å²) in [6.45, 7) is 3.35. The first-order chi connectivity index (χ1) is 8.56. The third kappa shape index (κ3) is 2.66. The second kappa shape index (κ2) is 4.87. The molecule has 0 atom stereocenters. The second-order valence-corrected chi connectivity index (χ2v) is 4.08. The van der Waals surface area contributed by atoms with Crippen molar-refractivity contribution in [3.05, 3.63) is 53.5 Å². The molecule has 0 saturated carbocycles. The maximum absolute atomic E-state index is 11.8. The Kier molecular flexibility index (Phi) is 3.28. The lowest BCUT2D eigenvalue weighted by atomic mass is 10.1. The van der Waals surface area contributed by atoms with E-state index in [0.29, 0.717) is 11.3 Å². The highest BCUT2D eigenvalue weighted by molar-refractivity contribution is 6.02. The molecule has 0 fully saturated rings. The summed E-state index contributed by atoms with van der Waals surface area (Å²) >= 11 is 0. The quantitative estimate of drug-likeness (QED) is 0.843. The van der Waals surface area contributed by atoms with Crippen LogP contribution in [0.2, 0.25) is 0 Å². The van der Waals surface area contributed by atoms with Crippen LogP contribution in [0.4, 0.5) is 5.69 Å². The predicted molar refractivity (Wildman–Crippen MR) is 67.8 cm³/mol. The largest absolute Gasteiger partial charge is 0.459 e. The van der Waals surface area contributed by atoms with Crippen molar-refractivity contribution in [2.75, 3.05) is 5.32 Å². The van der Waals surface area contributed by atoms with Crippen molar-refractivity contribution < 1.29 is 14.0 Å². The van der Waals surface area contributed by atoms with Crippen LogP contribution < -0.4 is 5.32 Å². The molecule has 1 N–H and O–H groups in total. The van der Waals surface area contributed by atoms with Crippen LogP contribution in [0, 0.1) is 6.92 Å². The molecule has 0 aliphatic heterocycles. The molecule has 2 aromatic rings. The van der Waals surface area contributed by atoms with Gasteiger partial charge in [-0.25, -0.2) is 0 Å². The van der Waals surface area contributed by atoms with E-state index < -0.39 is 0 Å². The minimum Gasteiger partial charge on any atom is -0.459 e. The highest BCUT2D eigenvalue weighted by atomic mass is 16.3. The van der Waals surface area contributed by atoms with Gasteiger partial charge in [-0.15, -0.1) is 0 Å². The van der Waals surface area contributed by atoms with Crippen LogP contribution in [-0.4, -0.2) is 11.7 Å². The fraction of sp³-hybridized carbons (Fsp3) is 0.143. The second-order valence-electron chi connectivity index (χ2n) is 4.08. The van der Waals surface area contributed by atoms with E-state index in [-0.39, 0.29) is 17.5 Å². The van der Waals surface area contributed by atoms with Gasteiger partial charge in [-0.2, -0.15) is 0 Å². The van der Waals surface area contributed by atoms with Crippen molar-refractivity contribution >= 4 is 17.4 Å². The van der Waals surface area contributed by atoms with Crippen molar-refractivity contribution in [2.24, 2.45) is 0 Å². The number of carbonyl (C=O) groups is 2. The van der Waals surface area contributed by atoms with Gasteiger partial charge in [0.05, 0.1) is 6.26 Å². The summed E-state index contributed by atoms with van der Waals surface area (Å²) in [4.78, 5) is 22.9. The Bertz CT molecular complexity index is 581. The molecule has 1 heterocycles. The number of furan rings is 1. The van der Waals surface area contributed by atoms with Crippen molar-refractivity contribution in [1.29, 1.82) is 0 Å². The van der Waals surface area contributed by atoms with E-state index in [1.54, 1.807) is 30.3 Å². The highest BCUT2D eigenvalue weighted by Crippen LogP contribution is 2.13. The fourth-order valence-corrected chi connectivity index (χ4v) is 1.53. The minimum absolute atomic E-state index is 0.00506. The number of aryl methyl sites for hydroxylation is 1. The van der Waals surface area contributed by atoms with Crippen LogP contribution in [0.15, 0.2) is 41.0 Å². The first kappa shape index (κ1) is 12.1. The average molecular weight is 243 g/mol. The Hall–Kier alpha value is -2.36. The Morgan fingerprint density at radius 2 is 1.83 bits per heavy atom. The molecule has 1 amide bonds. The first-order valence-corrected chi connectivity index (χ1v) is 5.54. The van der Waals surface area contributed by atoms with Gasteiger partial charge in [-0.3, -0.25) is 9.59 Å². The molecular weight excluding hydrogens is 230 g/mol. The molecule has 0 spiro atoms. The average Bonchev–Trinajstić information content (AvgIpc) is 2.76. The normalized spacial score (nSPS) is 10.1. The van der Waals surface area contributed by atoms with Crippen molar-refractivity contribution in [1.82, 2.24) is 0 Å². The van der Waals surface area contributed by atoms with E-state index >= 15 is 0 Å². The van der Waals surface area contributed by atoms with Gasteiger partial charge >= 0.3 is 0 Å². The molecule has 1 aromatic carbocycles. The number of rotatable bonds is 3. The molecule has 0 aliphatic rings. The maximum atomic E-state index is 11.8. The summed E-state index contributed by atoms with van der Waals surface area (Å²) in [6, 6.07) is 8.38. The van der Waals surface area contributed by atoms with Crippen molar-refractivity contribution in [2.45, 2.75) is 13.8 Å². The molecule has 2 rings (SSSR count). The van der Waals surface area contributed by atoms with E-state index in [4.69, 9.17) is 4.42 Å². The zero-order valence-electron chi connectivity index (χ0n) is 10.2. The lowest BCUT2D eigenvalue weighted by molar-refractivity contribution is 0.0994. The Morgan fingerprint density at radius 1 is 1.17 bits per heavy atom. The molecule has 0 unspecified atom stereocenters. The van der Waals surface area contributed by atoms with Crippen LogP contribution >= 0.6 is 0 Å². The number of carbonyl (C=O) groups excluding carboxylic acids is 2. The number of anilines is 1. The number of Topliss-reactive ketones (excluding diaryl/α,β-unsaturated/α-hetero) is 1. The highest BCUT2D eigenvalue weighted by Gasteiger charge is 2.10. The van der Waals surface area contributed by atoms with Crippen LogP contribution in [0.3, 0.4) is 0 Å². The molecule has 0 aliphatic carbocycles. The summed E-state index contributed by atoms with van der Waals surface area (Å²) in [5, 5.41) is 2.69. The number of amides is 1. The van der Waals surface area contributed by atoms with E-state index in [1.807, 2.05) is 6.92 Å². The zero-order chi connectivity index (χ0) is 13.1. The molecule has 4 nitrogen and oxygen atoms in total. The van der Waals surface area contributed by atoms with Crippen molar-refractivity contribution in [3.63, 3.8) is 0 Å². The zero-order valence-corrected chi connectivity index (χ0v) is 10.2. The molecule has 0 radical (unpaired) electrons. The monoisotopic (exact) mass is 243 g/mol. The summed E-state index contributed by atoms with van der Waals surface area (Å²) in [7, 11) is 0. The third-order valence-corrected chi connectivity index (χ3v) is 2.50. The molecule has 18 heavy (non-hydrogen) atoms. The Morgan fingerprint density at radius 3 is 2.33 bits per heavy atom. The molecular formula is C14H13NO3. The van der Waals surface area contributed by atoms with Crippen LogP contribution in [-0.2, 0) is 0 Å². The van der Waals surface area contributed by atoms with Crippen LogP contribution in [0.5, 0.6) is 0 Å². The van der Waals surface area contributed by atoms with E-state index in [9.17, 15) is 9.59 Å². The molecule has 0 bridgehead atoms. The van der Waals surface area contributed by atoms with Gasteiger partial charge in [0.15, 0.2) is 11.5 Å². The first-order valence-electron chi connectivity index (χ1n) is 5.54. The van der Waals surface area contributed by atoms with Gasteiger partial charge in [-0.1, -0.05) is 0 Å². The van der Waals surface area contributed by atoms with Crippen molar-refractivity contribution in [3.8, 4) is 0 Å². The van der Waals surface area contributed by atoms with Gasteiger partial charge in [-0.05, 0) is 49.7 Å². The smallest absolute Gasteiger partial charge is 0.291 e. The number of benzene rings is 1. The summed E-state index contributed by atoms with van der Waals surface area (Å²) in [6.07, 6.45) is 1.52. The van der Waals surface area contributed by atoms with Crippen LogP contribution in [0.1, 0.15) is 33.4 Å². The Labute approximate surface area is 105 Å². The van der Waals surface area contributed by atoms with E-state index in [1.165, 1.54) is 13.2 Å². The molecule has 0 saturated heterocycles. The number of nitrogens with one attached hydrogen (secondary N) is 1. The SMILES string of the molecule is CC(=O)c1ccc(NC(=O)c2cc(C)co2)cc1. The van der Waals surface area contributed by atoms with Gasteiger partial charge < -0.3 is 9.73 Å². The third-order valence-electron chi connectivity index (χ3n) is 2.50. The van der Waals surface area contributed by atoms with Gasteiger partial charge in [0.2, 0.25) is 0 Å². The van der Waals surface area contributed by atoms with E-state index in [0.717, 1.165) is 5.56 Å². The van der Waals surface area contributed by atoms with Crippen LogP contribution in [0.25, 0.3) is 0 Å². The topological polar surface area (TPSA) is 59.3 Å². The number of hydrogen-bond donors (Lipinski definition) is 1. The summed E-state index contributed by atoms with van der Waals surface area (Å²) in [5.74, 6) is -0.0450. The number of ketones is 1. The molecule has 1 aromatic heterocycles. The maximum Gasteiger partial charge on any atom is 0.291 e. The van der Waals surface area contributed by atoms with Gasteiger partial charge in [0.25, 0.3) is 5.91 Å². The summed E-state index contributed by atoms with van der Waals surface area (Å²) in [5.41, 5.74) is 2.13. The van der Waals surface area contributed by atoms with Gasteiger partial charge in [0.1, 0.15) is 0 Å². The van der Waals surface area contributed by atoms with E-state index in [2.05, 4.69) is 5.32 Å². The molecule has 4 heteroatoms. The number of hydrogen-bond acceptors (Lipinski definition) is 3. The lowest BCUT2D eigenvalue weighted by Gasteiger charge is -2.03. The minimum atomic E-state index is -0.307. The summed E-state index contributed by atoms with van der Waals surface area (Å²) < 4.78 is 5.09. The lowest BCUT2D eigenvalue weighted by Crippen LogP contribution is -2.10. The molecule has 92 valence electrons. The standard InChI is InChI=1S/C14H13NO3/c1-9-7-13(18-8-9)14(17)15-12-5-3-11(4-6-12)10(2)16/h3-8H,1-2H3,(H,15,17). The Balaban J connectivity index is 2.10. The fourth-order valence-electron chi connectivity index (χ4n) is 1.53. The van der Waals surface area contributed by atoms with Gasteiger partial charge in [0, 0.05) is 11.3 Å². The predicted octanol–water partition coefficient (Wildman–Crippen LogP) is 3.04.